The summed E-state index contributed by atoms with van der Waals surface area (Å²) in [5.74, 6) is -0.575. The highest BCUT2D eigenvalue weighted by atomic mass is 16.2. The molecule has 16 heavy (non-hydrogen) atoms. The fourth-order valence-corrected chi connectivity index (χ4v) is 1.85. The maximum Gasteiger partial charge on any atom is 0.261 e. The van der Waals surface area contributed by atoms with Crippen LogP contribution in [0.25, 0.3) is 0 Å². The molecule has 0 atom stereocenters. The highest BCUT2D eigenvalue weighted by Crippen LogP contribution is 2.25. The Morgan fingerprint density at radius 2 is 1.81 bits per heavy atom. The second-order valence-electron chi connectivity index (χ2n) is 3.68. The molecule has 2 rings (SSSR count). The number of amides is 2. The van der Waals surface area contributed by atoms with Crippen molar-refractivity contribution in [3.8, 4) is 6.07 Å². The third kappa shape index (κ3) is 1.22. The van der Waals surface area contributed by atoms with Crippen molar-refractivity contribution in [2.45, 2.75) is 13.8 Å². The van der Waals surface area contributed by atoms with Crippen molar-refractivity contribution < 1.29 is 9.59 Å². The first-order valence-electron chi connectivity index (χ1n) is 5.01. The number of nitrogens with zero attached hydrogens (tertiary/aromatic N) is 2. The SMILES string of the molecule is CCN1C(=O)c2cc(C)c(C#N)cc2C1=O. The molecule has 4 nitrogen and oxygen atoms in total. The zero-order valence-electron chi connectivity index (χ0n) is 9.07. The summed E-state index contributed by atoms with van der Waals surface area (Å²) >= 11 is 0. The van der Waals surface area contributed by atoms with Crippen LogP contribution in [-0.2, 0) is 0 Å². The lowest BCUT2D eigenvalue weighted by atomic mass is 10.0. The van der Waals surface area contributed by atoms with Crippen molar-refractivity contribution in [1.82, 2.24) is 4.90 Å². The van der Waals surface area contributed by atoms with Gasteiger partial charge in [-0.25, -0.2) is 0 Å². The second kappa shape index (κ2) is 3.46. The fraction of sp³-hybridized carbons (Fsp3) is 0.250. The Kier molecular flexibility index (Phi) is 2.24. The average molecular weight is 214 g/mol. The van der Waals surface area contributed by atoms with Crippen LogP contribution in [0.15, 0.2) is 12.1 Å². The minimum absolute atomic E-state index is 0.268. The molecule has 0 radical (unpaired) electrons. The number of aryl methyl sites for hydroxylation is 1. The van der Waals surface area contributed by atoms with E-state index in [4.69, 9.17) is 5.26 Å². The van der Waals surface area contributed by atoms with Crippen LogP contribution in [0, 0.1) is 18.3 Å². The third-order valence-electron chi connectivity index (χ3n) is 2.75. The van der Waals surface area contributed by atoms with Gasteiger partial charge in [0.25, 0.3) is 11.8 Å². The van der Waals surface area contributed by atoms with Crippen LogP contribution in [-0.4, -0.2) is 23.3 Å². The Morgan fingerprint density at radius 3 is 2.31 bits per heavy atom. The molecule has 1 aromatic rings. The number of benzene rings is 1. The highest BCUT2D eigenvalue weighted by molar-refractivity contribution is 6.21. The number of rotatable bonds is 1. The van der Waals surface area contributed by atoms with Gasteiger partial charge in [-0.15, -0.1) is 0 Å². The van der Waals surface area contributed by atoms with Gasteiger partial charge >= 0.3 is 0 Å². The van der Waals surface area contributed by atoms with E-state index in [1.54, 1.807) is 19.9 Å². The van der Waals surface area contributed by atoms with E-state index < -0.39 is 0 Å². The summed E-state index contributed by atoms with van der Waals surface area (Å²) < 4.78 is 0. The van der Waals surface area contributed by atoms with Crippen LogP contribution in [0.2, 0.25) is 0 Å². The molecule has 4 heteroatoms. The number of hydrogen-bond donors (Lipinski definition) is 0. The molecule has 1 aliphatic rings. The van der Waals surface area contributed by atoms with Gasteiger partial charge in [0, 0.05) is 6.54 Å². The molecule has 2 amide bonds. The molecular weight excluding hydrogens is 204 g/mol. The number of carbonyl (C=O) groups is 2. The Bertz CT molecular complexity index is 541. The minimum Gasteiger partial charge on any atom is -0.275 e. The van der Waals surface area contributed by atoms with Gasteiger partial charge in [0.15, 0.2) is 0 Å². The molecule has 0 bridgehead atoms. The number of fused-ring (bicyclic) bond motifs is 1. The van der Waals surface area contributed by atoms with Gasteiger partial charge in [-0.3, -0.25) is 14.5 Å². The lowest BCUT2D eigenvalue weighted by Crippen LogP contribution is -2.29. The number of imide groups is 1. The van der Waals surface area contributed by atoms with Crippen LogP contribution in [0.1, 0.15) is 38.8 Å². The summed E-state index contributed by atoms with van der Waals surface area (Å²) in [6, 6.07) is 5.13. The number of hydrogen-bond acceptors (Lipinski definition) is 3. The van der Waals surface area contributed by atoms with E-state index in [-0.39, 0.29) is 11.8 Å². The Morgan fingerprint density at radius 1 is 1.25 bits per heavy atom. The summed E-state index contributed by atoms with van der Waals surface area (Å²) in [6.45, 7) is 3.86. The van der Waals surface area contributed by atoms with Crippen LogP contribution < -0.4 is 0 Å². The predicted octanol–water partition coefficient (Wildman–Crippen LogP) is 1.48. The molecule has 1 heterocycles. The van der Waals surface area contributed by atoms with Gasteiger partial charge < -0.3 is 0 Å². The van der Waals surface area contributed by atoms with Crippen molar-refractivity contribution in [3.63, 3.8) is 0 Å². The standard InChI is InChI=1S/C12H10N2O2/c1-3-14-11(15)9-4-7(2)8(6-13)5-10(9)12(14)16/h4-5H,3H2,1-2H3. The topological polar surface area (TPSA) is 61.2 Å². The van der Waals surface area contributed by atoms with Crippen molar-refractivity contribution >= 4 is 11.8 Å². The Hall–Kier alpha value is -2.15. The Balaban J connectivity index is 2.65. The van der Waals surface area contributed by atoms with E-state index in [1.807, 2.05) is 6.07 Å². The van der Waals surface area contributed by atoms with Crippen molar-refractivity contribution in [3.05, 3.63) is 34.4 Å². The molecule has 80 valence electrons. The normalized spacial score (nSPS) is 13.9. The third-order valence-corrected chi connectivity index (χ3v) is 2.75. The first-order chi connectivity index (χ1) is 7.60. The van der Waals surface area contributed by atoms with Crippen LogP contribution in [0.3, 0.4) is 0 Å². The summed E-state index contributed by atoms with van der Waals surface area (Å²) in [7, 11) is 0. The molecule has 1 aromatic carbocycles. The van der Waals surface area contributed by atoms with E-state index in [0.717, 1.165) is 5.56 Å². The minimum atomic E-state index is -0.306. The van der Waals surface area contributed by atoms with Crippen LogP contribution in [0.4, 0.5) is 0 Å². The molecule has 0 spiro atoms. The van der Waals surface area contributed by atoms with E-state index in [2.05, 4.69) is 0 Å². The van der Waals surface area contributed by atoms with Crippen LogP contribution >= 0.6 is 0 Å². The summed E-state index contributed by atoms with van der Waals surface area (Å²) in [5, 5.41) is 8.87. The summed E-state index contributed by atoms with van der Waals surface area (Å²) in [5.41, 5.74) is 1.91. The van der Waals surface area contributed by atoms with Gasteiger partial charge in [0.05, 0.1) is 22.8 Å². The largest absolute Gasteiger partial charge is 0.275 e. The van der Waals surface area contributed by atoms with Gasteiger partial charge in [-0.2, -0.15) is 5.26 Å². The van der Waals surface area contributed by atoms with Crippen molar-refractivity contribution in [1.29, 1.82) is 5.26 Å². The molecule has 0 aromatic heterocycles. The summed E-state index contributed by atoms with van der Waals surface area (Å²) in [6.07, 6.45) is 0. The molecule has 0 saturated carbocycles. The van der Waals surface area contributed by atoms with Gasteiger partial charge in [0.2, 0.25) is 0 Å². The second-order valence-corrected chi connectivity index (χ2v) is 3.68. The van der Waals surface area contributed by atoms with Crippen molar-refractivity contribution in [2.24, 2.45) is 0 Å². The zero-order chi connectivity index (χ0) is 11.9. The lowest BCUT2D eigenvalue weighted by molar-refractivity contribution is 0.0663. The fourth-order valence-electron chi connectivity index (χ4n) is 1.85. The van der Waals surface area contributed by atoms with E-state index in [0.29, 0.717) is 23.2 Å². The Labute approximate surface area is 93.1 Å². The molecule has 1 aliphatic heterocycles. The van der Waals surface area contributed by atoms with Crippen LogP contribution in [0.5, 0.6) is 0 Å². The monoisotopic (exact) mass is 214 g/mol. The van der Waals surface area contributed by atoms with Crippen molar-refractivity contribution in [2.75, 3.05) is 6.54 Å². The van der Waals surface area contributed by atoms with E-state index in [9.17, 15) is 9.59 Å². The first kappa shape index (κ1) is 10.4. The van der Waals surface area contributed by atoms with Gasteiger partial charge in [0.1, 0.15) is 0 Å². The zero-order valence-corrected chi connectivity index (χ0v) is 9.07. The molecule has 0 unspecified atom stereocenters. The highest BCUT2D eigenvalue weighted by Gasteiger charge is 2.34. The maximum absolute atomic E-state index is 11.8. The first-order valence-corrected chi connectivity index (χ1v) is 5.01. The molecule has 0 N–H and O–H groups in total. The average Bonchev–Trinajstić information content (AvgIpc) is 2.50. The van der Waals surface area contributed by atoms with Gasteiger partial charge in [-0.1, -0.05) is 0 Å². The van der Waals surface area contributed by atoms with E-state index in [1.165, 1.54) is 11.0 Å². The van der Waals surface area contributed by atoms with Gasteiger partial charge in [-0.05, 0) is 31.5 Å². The number of carbonyl (C=O) groups excluding carboxylic acids is 2. The quantitative estimate of drug-likeness (QED) is 0.665. The molecule has 0 saturated heterocycles. The number of nitriles is 1. The van der Waals surface area contributed by atoms with E-state index >= 15 is 0 Å². The maximum atomic E-state index is 11.8. The predicted molar refractivity (Wildman–Crippen MR) is 56.9 cm³/mol. The molecule has 0 aliphatic carbocycles. The smallest absolute Gasteiger partial charge is 0.261 e. The lowest BCUT2D eigenvalue weighted by Gasteiger charge is -2.08. The summed E-state index contributed by atoms with van der Waals surface area (Å²) in [4.78, 5) is 24.8. The molecule has 0 fully saturated rings. The molecular formula is C12H10N2O2.